The third-order valence-corrected chi connectivity index (χ3v) is 3.81. The summed E-state index contributed by atoms with van der Waals surface area (Å²) in [7, 11) is 0. The molecule has 0 spiro atoms. The minimum Gasteiger partial charge on any atom is -0.494 e. The molecular weight excluding hydrogens is 358 g/mol. The Labute approximate surface area is 164 Å². The van der Waals surface area contributed by atoms with E-state index in [0.29, 0.717) is 23.6 Å². The van der Waals surface area contributed by atoms with Gasteiger partial charge in [-0.05, 0) is 36.8 Å². The number of nitrogens with one attached hydrogen (secondary N) is 3. The van der Waals surface area contributed by atoms with Crippen molar-refractivity contribution in [2.24, 2.45) is 0 Å². The fraction of sp³-hybridized carbons (Fsp3) is 0.286. The summed E-state index contributed by atoms with van der Waals surface area (Å²) in [5, 5.41) is 2.69. The van der Waals surface area contributed by atoms with Crippen molar-refractivity contribution in [3.05, 3.63) is 60.2 Å². The van der Waals surface area contributed by atoms with Gasteiger partial charge in [0.15, 0.2) is 0 Å². The Morgan fingerprint density at radius 1 is 0.893 bits per heavy atom. The van der Waals surface area contributed by atoms with Gasteiger partial charge in [0.25, 0.3) is 5.91 Å². The van der Waals surface area contributed by atoms with Crippen LogP contribution in [0.1, 0.15) is 43.0 Å². The smallest absolute Gasteiger partial charge is 0.269 e. The molecule has 7 heteroatoms. The molecule has 3 amide bonds. The number of hydrogen-bond acceptors (Lipinski definition) is 4. The van der Waals surface area contributed by atoms with Crippen LogP contribution in [0.5, 0.6) is 5.75 Å². The van der Waals surface area contributed by atoms with Crippen molar-refractivity contribution in [3.8, 4) is 5.75 Å². The van der Waals surface area contributed by atoms with Crippen molar-refractivity contribution in [3.63, 3.8) is 0 Å². The Bertz CT molecular complexity index is 793. The summed E-state index contributed by atoms with van der Waals surface area (Å²) in [6.45, 7) is 2.66. The number of rotatable bonds is 9. The number of carbonyl (C=O) groups is 3. The highest BCUT2D eigenvalue weighted by Gasteiger charge is 2.10. The quantitative estimate of drug-likeness (QED) is 0.458. The first-order valence-corrected chi connectivity index (χ1v) is 9.25. The molecule has 0 bridgehead atoms. The fourth-order valence-corrected chi connectivity index (χ4v) is 2.29. The molecule has 7 nitrogen and oxygen atoms in total. The van der Waals surface area contributed by atoms with Gasteiger partial charge in [0, 0.05) is 24.1 Å². The van der Waals surface area contributed by atoms with Gasteiger partial charge in [0.1, 0.15) is 5.75 Å². The first kappa shape index (κ1) is 21.0. The van der Waals surface area contributed by atoms with Gasteiger partial charge in [0.05, 0.1) is 6.61 Å². The van der Waals surface area contributed by atoms with Gasteiger partial charge in [0.2, 0.25) is 11.8 Å². The molecule has 0 aliphatic carbocycles. The first-order chi connectivity index (χ1) is 13.6. The molecule has 0 atom stereocenters. The molecule has 0 saturated heterocycles. The van der Waals surface area contributed by atoms with Gasteiger partial charge in [-0.1, -0.05) is 37.6 Å². The lowest BCUT2D eigenvalue weighted by molar-refractivity contribution is -0.124. The van der Waals surface area contributed by atoms with Crippen LogP contribution in [-0.4, -0.2) is 24.3 Å². The SMILES string of the molecule is CCCCOc1cccc(C(=O)NNC(=O)CCC(=O)Nc2ccccc2)c1. The zero-order valence-corrected chi connectivity index (χ0v) is 15.9. The number of unbranched alkanes of at least 4 members (excludes halogenated alkanes) is 1. The summed E-state index contributed by atoms with van der Waals surface area (Å²) < 4.78 is 5.56. The number of hydrazine groups is 1. The zero-order valence-electron chi connectivity index (χ0n) is 15.9. The van der Waals surface area contributed by atoms with Crippen LogP contribution in [-0.2, 0) is 9.59 Å². The maximum absolute atomic E-state index is 12.1. The zero-order chi connectivity index (χ0) is 20.2. The topological polar surface area (TPSA) is 96.5 Å². The van der Waals surface area contributed by atoms with E-state index in [-0.39, 0.29) is 18.7 Å². The third kappa shape index (κ3) is 7.49. The summed E-state index contributed by atoms with van der Waals surface area (Å²) in [4.78, 5) is 35.8. The van der Waals surface area contributed by atoms with E-state index < -0.39 is 11.8 Å². The molecular formula is C21H25N3O4. The van der Waals surface area contributed by atoms with Gasteiger partial charge in [-0.25, -0.2) is 0 Å². The van der Waals surface area contributed by atoms with Gasteiger partial charge < -0.3 is 10.1 Å². The number of carbonyl (C=O) groups excluding carboxylic acids is 3. The van der Waals surface area contributed by atoms with Crippen LogP contribution in [0.3, 0.4) is 0 Å². The van der Waals surface area contributed by atoms with Crippen molar-refractivity contribution >= 4 is 23.4 Å². The monoisotopic (exact) mass is 383 g/mol. The molecule has 0 aliphatic rings. The number of hydrogen-bond donors (Lipinski definition) is 3. The predicted octanol–water partition coefficient (Wildman–Crippen LogP) is 3.05. The van der Waals surface area contributed by atoms with Crippen LogP contribution in [0.25, 0.3) is 0 Å². The Kier molecular flexibility index (Phi) is 8.52. The second kappa shape index (κ2) is 11.4. The van der Waals surface area contributed by atoms with Crippen molar-refractivity contribution in [2.75, 3.05) is 11.9 Å². The molecule has 3 N–H and O–H groups in total. The van der Waals surface area contributed by atoms with Crippen LogP contribution < -0.4 is 20.9 Å². The van der Waals surface area contributed by atoms with Crippen LogP contribution in [0, 0.1) is 0 Å². The lowest BCUT2D eigenvalue weighted by atomic mass is 10.2. The second-order valence-electron chi connectivity index (χ2n) is 6.15. The number of amides is 3. The van der Waals surface area contributed by atoms with Crippen LogP contribution in [0.2, 0.25) is 0 Å². The van der Waals surface area contributed by atoms with Crippen molar-refractivity contribution in [1.29, 1.82) is 0 Å². The van der Waals surface area contributed by atoms with E-state index in [4.69, 9.17) is 4.74 Å². The Balaban J connectivity index is 1.72. The van der Waals surface area contributed by atoms with Crippen LogP contribution in [0.15, 0.2) is 54.6 Å². The number of benzene rings is 2. The number of ether oxygens (including phenoxy) is 1. The molecule has 0 aliphatic heterocycles. The molecule has 0 saturated carbocycles. The first-order valence-electron chi connectivity index (χ1n) is 9.25. The van der Waals surface area contributed by atoms with E-state index >= 15 is 0 Å². The van der Waals surface area contributed by atoms with E-state index in [1.54, 1.807) is 36.4 Å². The van der Waals surface area contributed by atoms with E-state index in [0.717, 1.165) is 12.8 Å². The van der Waals surface area contributed by atoms with Gasteiger partial charge in [-0.3, -0.25) is 25.2 Å². The molecule has 0 fully saturated rings. The Morgan fingerprint density at radius 2 is 1.64 bits per heavy atom. The molecule has 2 rings (SSSR count). The second-order valence-corrected chi connectivity index (χ2v) is 6.15. The lowest BCUT2D eigenvalue weighted by Gasteiger charge is -2.09. The molecule has 28 heavy (non-hydrogen) atoms. The van der Waals surface area contributed by atoms with Gasteiger partial charge >= 0.3 is 0 Å². The van der Waals surface area contributed by atoms with Crippen molar-refractivity contribution in [2.45, 2.75) is 32.6 Å². The van der Waals surface area contributed by atoms with Crippen molar-refractivity contribution in [1.82, 2.24) is 10.9 Å². The molecule has 0 aromatic heterocycles. The summed E-state index contributed by atoms with van der Waals surface area (Å²) in [5.41, 5.74) is 5.69. The molecule has 0 heterocycles. The van der Waals surface area contributed by atoms with Crippen LogP contribution >= 0.6 is 0 Å². The number of para-hydroxylation sites is 1. The predicted molar refractivity (Wildman–Crippen MR) is 107 cm³/mol. The number of anilines is 1. The summed E-state index contributed by atoms with van der Waals surface area (Å²) in [5.74, 6) is -0.579. The third-order valence-electron chi connectivity index (χ3n) is 3.81. The summed E-state index contributed by atoms with van der Waals surface area (Å²) >= 11 is 0. The molecule has 0 radical (unpaired) electrons. The Hall–Kier alpha value is -3.35. The fourth-order valence-electron chi connectivity index (χ4n) is 2.29. The highest BCUT2D eigenvalue weighted by Crippen LogP contribution is 2.13. The normalized spacial score (nSPS) is 10.0. The van der Waals surface area contributed by atoms with Gasteiger partial charge in [-0.2, -0.15) is 0 Å². The van der Waals surface area contributed by atoms with Crippen LogP contribution in [0.4, 0.5) is 5.69 Å². The van der Waals surface area contributed by atoms with E-state index in [9.17, 15) is 14.4 Å². The Morgan fingerprint density at radius 3 is 2.39 bits per heavy atom. The molecule has 2 aromatic carbocycles. The van der Waals surface area contributed by atoms with E-state index in [1.807, 2.05) is 18.2 Å². The summed E-state index contributed by atoms with van der Waals surface area (Å²) in [6, 6.07) is 15.7. The van der Waals surface area contributed by atoms with E-state index in [1.165, 1.54) is 0 Å². The largest absolute Gasteiger partial charge is 0.494 e. The van der Waals surface area contributed by atoms with Crippen molar-refractivity contribution < 1.29 is 19.1 Å². The highest BCUT2D eigenvalue weighted by molar-refractivity contribution is 5.96. The molecule has 0 unspecified atom stereocenters. The minimum atomic E-state index is -0.456. The standard InChI is InChI=1S/C21H25N3O4/c1-2-3-14-28-18-11-7-8-16(15-18)21(27)24-23-20(26)13-12-19(25)22-17-9-5-4-6-10-17/h4-11,15H,2-3,12-14H2,1H3,(H,22,25)(H,23,26)(H,24,27). The maximum atomic E-state index is 12.1. The highest BCUT2D eigenvalue weighted by atomic mass is 16.5. The molecule has 148 valence electrons. The van der Waals surface area contributed by atoms with Gasteiger partial charge in [-0.15, -0.1) is 0 Å². The summed E-state index contributed by atoms with van der Waals surface area (Å²) in [6.07, 6.45) is 1.93. The van der Waals surface area contributed by atoms with E-state index in [2.05, 4.69) is 23.1 Å². The average molecular weight is 383 g/mol. The maximum Gasteiger partial charge on any atom is 0.269 e. The minimum absolute atomic E-state index is 0.0113. The average Bonchev–Trinajstić information content (AvgIpc) is 2.71. The lowest BCUT2D eigenvalue weighted by Crippen LogP contribution is -2.41. The molecule has 2 aromatic rings.